The van der Waals surface area contributed by atoms with Gasteiger partial charge in [-0.25, -0.2) is 4.79 Å². The summed E-state index contributed by atoms with van der Waals surface area (Å²) in [5.41, 5.74) is 0. The van der Waals surface area contributed by atoms with E-state index in [0.717, 1.165) is 0 Å². The van der Waals surface area contributed by atoms with Gasteiger partial charge in [0, 0.05) is 7.05 Å². The Kier molecular flexibility index (Phi) is 3.80. The van der Waals surface area contributed by atoms with Crippen LogP contribution in [0.1, 0.15) is 20.3 Å². The maximum atomic E-state index is 11.3. The van der Waals surface area contributed by atoms with Gasteiger partial charge in [0.1, 0.15) is 0 Å². The molecule has 104 valence electrons. The van der Waals surface area contributed by atoms with E-state index < -0.39 is 12.1 Å². The van der Waals surface area contributed by atoms with E-state index in [0.29, 0.717) is 30.3 Å². The molecule has 0 fully saturated rings. The molecule has 19 heavy (non-hydrogen) atoms. The van der Waals surface area contributed by atoms with Crippen LogP contribution < -0.4 is 19.5 Å². The average molecular weight is 267 g/mol. The zero-order chi connectivity index (χ0) is 13.9. The molecule has 0 radical (unpaired) electrons. The van der Waals surface area contributed by atoms with Gasteiger partial charge in [0.25, 0.3) is 0 Å². The summed E-state index contributed by atoms with van der Waals surface area (Å²) in [4.78, 5) is 11.3. The summed E-state index contributed by atoms with van der Waals surface area (Å²) >= 11 is 0. The number of para-hydroxylation sites is 1. The van der Waals surface area contributed by atoms with Gasteiger partial charge in [-0.05, 0) is 19.1 Å². The van der Waals surface area contributed by atoms with Gasteiger partial charge < -0.3 is 24.3 Å². The van der Waals surface area contributed by atoms with E-state index in [9.17, 15) is 4.79 Å². The monoisotopic (exact) mass is 267 g/mol. The third-order valence-corrected chi connectivity index (χ3v) is 2.67. The minimum absolute atomic E-state index is 0.298. The van der Waals surface area contributed by atoms with E-state index in [1.54, 1.807) is 18.2 Å². The van der Waals surface area contributed by atoms with Crippen LogP contribution in [0.4, 0.5) is 4.79 Å². The molecular formula is C13H17NO5. The van der Waals surface area contributed by atoms with E-state index in [4.69, 9.17) is 18.9 Å². The predicted molar refractivity (Wildman–Crippen MR) is 67.4 cm³/mol. The van der Waals surface area contributed by atoms with Crippen molar-refractivity contribution in [3.63, 3.8) is 0 Å². The van der Waals surface area contributed by atoms with Gasteiger partial charge in [-0.1, -0.05) is 13.0 Å². The lowest BCUT2D eigenvalue weighted by atomic mass is 10.3. The van der Waals surface area contributed by atoms with Crippen molar-refractivity contribution >= 4 is 6.09 Å². The molecule has 2 rings (SSSR count). The van der Waals surface area contributed by atoms with Crippen molar-refractivity contribution in [2.75, 3.05) is 13.7 Å². The highest BCUT2D eigenvalue weighted by Gasteiger charge is 2.43. The molecule has 1 aliphatic heterocycles. The molecule has 1 aromatic carbocycles. The normalized spacial score (nSPS) is 20.2. The number of hydrogen-bond acceptors (Lipinski definition) is 5. The lowest BCUT2D eigenvalue weighted by Crippen LogP contribution is -2.41. The standard InChI is InChI=1S/C13H17NO5/c1-4-13(16-5-2)18-10-8-6-7-9(11(10)19-13)17-12(15)14-3/h6-8H,4-5H2,1-3H3,(H,14,15). The third kappa shape index (κ3) is 2.58. The highest BCUT2D eigenvalue weighted by molar-refractivity contribution is 5.72. The summed E-state index contributed by atoms with van der Waals surface area (Å²) in [6.07, 6.45) is -0.0584. The molecule has 1 N–H and O–H groups in total. The van der Waals surface area contributed by atoms with Gasteiger partial charge in [-0.15, -0.1) is 0 Å². The molecule has 0 saturated carbocycles. The van der Waals surface area contributed by atoms with E-state index in [1.807, 2.05) is 13.8 Å². The van der Waals surface area contributed by atoms with Crippen LogP contribution >= 0.6 is 0 Å². The smallest absolute Gasteiger partial charge is 0.412 e. The summed E-state index contributed by atoms with van der Waals surface area (Å²) in [5.74, 6) is 0.0316. The van der Waals surface area contributed by atoms with Crippen LogP contribution in [0, 0.1) is 0 Å². The van der Waals surface area contributed by atoms with Crippen LogP contribution in [0.15, 0.2) is 18.2 Å². The molecule has 1 amide bonds. The summed E-state index contributed by atoms with van der Waals surface area (Å²) in [6.45, 7) is 4.20. The minimum Gasteiger partial charge on any atom is -0.426 e. The second-order valence-electron chi connectivity index (χ2n) is 3.90. The molecule has 1 heterocycles. The van der Waals surface area contributed by atoms with E-state index >= 15 is 0 Å². The molecule has 0 aromatic heterocycles. The number of nitrogens with one attached hydrogen (secondary N) is 1. The van der Waals surface area contributed by atoms with Crippen molar-refractivity contribution in [1.82, 2.24) is 5.32 Å². The molecule has 6 nitrogen and oxygen atoms in total. The van der Waals surface area contributed by atoms with Gasteiger partial charge in [0.05, 0.1) is 13.0 Å². The maximum absolute atomic E-state index is 11.3. The Morgan fingerprint density at radius 2 is 2.16 bits per heavy atom. The number of fused-ring (bicyclic) bond motifs is 1. The zero-order valence-corrected chi connectivity index (χ0v) is 11.2. The maximum Gasteiger partial charge on any atom is 0.412 e. The largest absolute Gasteiger partial charge is 0.426 e. The first-order valence-electron chi connectivity index (χ1n) is 6.18. The van der Waals surface area contributed by atoms with Crippen molar-refractivity contribution in [1.29, 1.82) is 0 Å². The molecule has 1 aromatic rings. The molecule has 0 aliphatic carbocycles. The third-order valence-electron chi connectivity index (χ3n) is 2.67. The molecule has 0 spiro atoms. The SMILES string of the molecule is CCOC1(CC)Oc2cccc(OC(=O)NC)c2O1. The lowest BCUT2D eigenvalue weighted by molar-refractivity contribution is -0.281. The number of carbonyl (C=O) groups is 1. The summed E-state index contributed by atoms with van der Waals surface area (Å²) in [7, 11) is 1.49. The topological polar surface area (TPSA) is 66.0 Å². The van der Waals surface area contributed by atoms with Crippen LogP contribution in [-0.4, -0.2) is 25.7 Å². The number of amides is 1. The van der Waals surface area contributed by atoms with Gasteiger partial charge in [0.15, 0.2) is 11.5 Å². The van der Waals surface area contributed by atoms with Crippen molar-refractivity contribution in [2.24, 2.45) is 0 Å². The summed E-state index contributed by atoms with van der Waals surface area (Å²) in [6, 6.07) is 5.09. The van der Waals surface area contributed by atoms with Gasteiger partial charge in [-0.3, -0.25) is 0 Å². The number of hydrogen-bond donors (Lipinski definition) is 1. The number of carbonyl (C=O) groups excluding carboxylic acids is 1. The Labute approximate surface area is 111 Å². The first-order chi connectivity index (χ1) is 9.14. The van der Waals surface area contributed by atoms with Crippen LogP contribution in [0.2, 0.25) is 0 Å². The van der Waals surface area contributed by atoms with Crippen LogP contribution in [-0.2, 0) is 4.74 Å². The molecular weight excluding hydrogens is 250 g/mol. The zero-order valence-electron chi connectivity index (χ0n) is 11.2. The Morgan fingerprint density at radius 3 is 2.79 bits per heavy atom. The van der Waals surface area contributed by atoms with Crippen LogP contribution in [0.5, 0.6) is 17.2 Å². The van der Waals surface area contributed by atoms with Crippen LogP contribution in [0.3, 0.4) is 0 Å². The number of benzene rings is 1. The molecule has 0 saturated heterocycles. The molecule has 6 heteroatoms. The first kappa shape index (κ1) is 13.5. The van der Waals surface area contributed by atoms with E-state index in [1.165, 1.54) is 7.05 Å². The van der Waals surface area contributed by atoms with Crippen molar-refractivity contribution in [3.05, 3.63) is 18.2 Å². The molecule has 1 atom stereocenters. The fourth-order valence-electron chi connectivity index (χ4n) is 1.78. The highest BCUT2D eigenvalue weighted by atomic mass is 16.9. The van der Waals surface area contributed by atoms with Crippen molar-refractivity contribution in [3.8, 4) is 17.2 Å². The number of ether oxygens (including phenoxy) is 4. The average Bonchev–Trinajstić information content (AvgIpc) is 2.79. The summed E-state index contributed by atoms with van der Waals surface area (Å²) < 4.78 is 22.0. The minimum atomic E-state index is -1.14. The Morgan fingerprint density at radius 1 is 1.37 bits per heavy atom. The molecule has 0 bridgehead atoms. The first-order valence-corrected chi connectivity index (χ1v) is 6.18. The van der Waals surface area contributed by atoms with Crippen LogP contribution in [0.25, 0.3) is 0 Å². The molecule has 1 unspecified atom stereocenters. The number of rotatable bonds is 4. The van der Waals surface area contributed by atoms with Crippen molar-refractivity contribution < 1.29 is 23.7 Å². The highest BCUT2D eigenvalue weighted by Crippen LogP contribution is 2.47. The Hall–Kier alpha value is -1.95. The lowest BCUT2D eigenvalue weighted by Gasteiger charge is -2.25. The van der Waals surface area contributed by atoms with E-state index in [-0.39, 0.29) is 0 Å². The quantitative estimate of drug-likeness (QED) is 0.906. The van der Waals surface area contributed by atoms with Gasteiger partial charge in [-0.2, -0.15) is 0 Å². The summed E-state index contributed by atoms with van der Waals surface area (Å²) in [5, 5.41) is 2.38. The Bertz CT molecular complexity index is 476. The fourth-order valence-corrected chi connectivity index (χ4v) is 1.78. The molecule has 1 aliphatic rings. The van der Waals surface area contributed by atoms with Crippen molar-refractivity contribution in [2.45, 2.75) is 26.2 Å². The Balaban J connectivity index is 2.27. The second-order valence-corrected chi connectivity index (χ2v) is 3.90. The van der Waals surface area contributed by atoms with Gasteiger partial charge in [0.2, 0.25) is 5.75 Å². The predicted octanol–water partition coefficient (Wildman–Crippen LogP) is 2.28. The second kappa shape index (κ2) is 5.36. The van der Waals surface area contributed by atoms with Gasteiger partial charge >= 0.3 is 12.1 Å². The fraction of sp³-hybridized carbons (Fsp3) is 0.462. The van der Waals surface area contributed by atoms with E-state index in [2.05, 4.69) is 5.32 Å².